The standard InChI is InChI=1S/C18H23F3N4O.ClH/c1-11(9-22-4)17(26)23-10-14-5-6-15(8-16(14)18(19,20)21)25-13(3)7-12(2)24-25;/h5-8,11,22H,9-10H2,1-4H3,(H,23,26);1H. The highest BCUT2D eigenvalue weighted by Gasteiger charge is 2.34. The molecule has 1 atom stereocenters. The highest BCUT2D eigenvalue weighted by molar-refractivity contribution is 5.85. The summed E-state index contributed by atoms with van der Waals surface area (Å²) in [7, 11) is 1.71. The van der Waals surface area contributed by atoms with Gasteiger partial charge in [0.05, 0.1) is 16.9 Å². The SMILES string of the molecule is CNCC(C)C(=O)NCc1ccc(-n2nc(C)cc2C)cc1C(F)(F)F.Cl. The molecule has 5 nitrogen and oxygen atoms in total. The second kappa shape index (κ2) is 9.23. The molecule has 0 radical (unpaired) electrons. The second-order valence-corrected chi connectivity index (χ2v) is 6.35. The molecular formula is C18H24ClF3N4O. The maximum absolute atomic E-state index is 13.5. The Labute approximate surface area is 162 Å². The summed E-state index contributed by atoms with van der Waals surface area (Å²) in [5, 5.41) is 9.66. The maximum atomic E-state index is 13.5. The van der Waals surface area contributed by atoms with Crippen molar-refractivity contribution < 1.29 is 18.0 Å². The molecule has 0 aliphatic heterocycles. The number of carbonyl (C=O) groups is 1. The fourth-order valence-corrected chi connectivity index (χ4v) is 2.76. The van der Waals surface area contributed by atoms with E-state index >= 15 is 0 Å². The molecule has 0 aliphatic carbocycles. The molecule has 1 aromatic carbocycles. The average Bonchev–Trinajstić information content (AvgIpc) is 2.90. The smallest absolute Gasteiger partial charge is 0.352 e. The van der Waals surface area contributed by atoms with Gasteiger partial charge >= 0.3 is 6.18 Å². The van der Waals surface area contributed by atoms with Gasteiger partial charge in [-0.1, -0.05) is 13.0 Å². The minimum absolute atomic E-state index is 0. The molecule has 150 valence electrons. The number of nitrogens with one attached hydrogen (secondary N) is 2. The molecule has 0 saturated heterocycles. The third-order valence-electron chi connectivity index (χ3n) is 4.06. The molecule has 2 aromatic rings. The molecule has 1 aromatic heterocycles. The number of alkyl halides is 3. The highest BCUT2D eigenvalue weighted by atomic mass is 35.5. The van der Waals surface area contributed by atoms with Crippen molar-refractivity contribution in [3.05, 3.63) is 46.8 Å². The first kappa shape index (κ1) is 23.0. The van der Waals surface area contributed by atoms with E-state index in [2.05, 4.69) is 15.7 Å². The lowest BCUT2D eigenvalue weighted by Crippen LogP contribution is -2.34. The third kappa shape index (κ3) is 5.71. The monoisotopic (exact) mass is 404 g/mol. The topological polar surface area (TPSA) is 59.0 Å². The summed E-state index contributed by atoms with van der Waals surface area (Å²) in [6.07, 6.45) is -4.53. The first-order chi connectivity index (χ1) is 12.1. The van der Waals surface area contributed by atoms with Crippen molar-refractivity contribution in [1.29, 1.82) is 0 Å². The summed E-state index contributed by atoms with van der Waals surface area (Å²) < 4.78 is 42.0. The summed E-state index contributed by atoms with van der Waals surface area (Å²) >= 11 is 0. The van der Waals surface area contributed by atoms with Gasteiger partial charge in [-0.05, 0) is 44.7 Å². The van der Waals surface area contributed by atoms with Crippen molar-refractivity contribution in [2.24, 2.45) is 5.92 Å². The number of aryl methyl sites for hydroxylation is 2. The zero-order valence-electron chi connectivity index (χ0n) is 15.6. The van der Waals surface area contributed by atoms with Crippen LogP contribution in [0.15, 0.2) is 24.3 Å². The minimum Gasteiger partial charge on any atom is -0.352 e. The predicted molar refractivity (Wildman–Crippen MR) is 100 cm³/mol. The van der Waals surface area contributed by atoms with Crippen LogP contribution in [0.1, 0.15) is 29.4 Å². The quantitative estimate of drug-likeness (QED) is 0.775. The summed E-state index contributed by atoms with van der Waals surface area (Å²) in [6, 6.07) is 5.83. The van der Waals surface area contributed by atoms with Crippen LogP contribution in [0.2, 0.25) is 0 Å². The number of hydrogen-bond acceptors (Lipinski definition) is 3. The molecule has 2 N–H and O–H groups in total. The molecule has 1 unspecified atom stereocenters. The molecule has 9 heteroatoms. The summed E-state index contributed by atoms with van der Waals surface area (Å²) in [5.74, 6) is -0.626. The molecule has 0 spiro atoms. The number of carbonyl (C=O) groups excluding carboxylic acids is 1. The molecule has 0 bridgehead atoms. The summed E-state index contributed by atoms with van der Waals surface area (Å²) in [5.41, 5.74) is 1.06. The van der Waals surface area contributed by atoms with Crippen LogP contribution in [-0.2, 0) is 17.5 Å². The van der Waals surface area contributed by atoms with Crippen LogP contribution >= 0.6 is 12.4 Å². The van der Waals surface area contributed by atoms with Crippen LogP contribution in [0.4, 0.5) is 13.2 Å². The Kier molecular flexibility index (Phi) is 7.86. The van der Waals surface area contributed by atoms with Crippen molar-refractivity contribution in [2.45, 2.75) is 33.5 Å². The Bertz CT molecular complexity index is 789. The van der Waals surface area contributed by atoms with E-state index in [1.807, 2.05) is 0 Å². The first-order valence-corrected chi connectivity index (χ1v) is 8.29. The van der Waals surface area contributed by atoms with E-state index in [1.54, 1.807) is 40.0 Å². The molecular weight excluding hydrogens is 381 g/mol. The van der Waals surface area contributed by atoms with Gasteiger partial charge in [-0.3, -0.25) is 4.79 Å². The average molecular weight is 405 g/mol. The zero-order valence-corrected chi connectivity index (χ0v) is 16.5. The van der Waals surface area contributed by atoms with E-state index in [1.165, 1.54) is 10.7 Å². The van der Waals surface area contributed by atoms with Gasteiger partial charge in [-0.15, -0.1) is 12.4 Å². The lowest BCUT2D eigenvalue weighted by Gasteiger charge is -2.17. The van der Waals surface area contributed by atoms with Gasteiger partial charge in [0.25, 0.3) is 0 Å². The second-order valence-electron chi connectivity index (χ2n) is 6.35. The van der Waals surface area contributed by atoms with Gasteiger partial charge in [-0.25, -0.2) is 4.68 Å². The Morgan fingerprint density at radius 3 is 2.44 bits per heavy atom. The highest BCUT2D eigenvalue weighted by Crippen LogP contribution is 2.33. The normalized spacial score (nSPS) is 12.4. The van der Waals surface area contributed by atoms with E-state index in [0.717, 1.165) is 17.5 Å². The van der Waals surface area contributed by atoms with Crippen LogP contribution in [0.3, 0.4) is 0 Å². The van der Waals surface area contributed by atoms with Crippen LogP contribution in [0.25, 0.3) is 5.69 Å². The van der Waals surface area contributed by atoms with Gasteiger partial charge < -0.3 is 10.6 Å². The largest absolute Gasteiger partial charge is 0.416 e. The van der Waals surface area contributed by atoms with Gasteiger partial charge in [-0.2, -0.15) is 18.3 Å². The van der Waals surface area contributed by atoms with E-state index in [4.69, 9.17) is 0 Å². The van der Waals surface area contributed by atoms with Crippen molar-refractivity contribution in [3.63, 3.8) is 0 Å². The molecule has 0 aliphatic rings. The third-order valence-corrected chi connectivity index (χ3v) is 4.06. The molecule has 1 heterocycles. The number of nitrogens with zero attached hydrogens (tertiary/aromatic N) is 2. The predicted octanol–water partition coefficient (Wildman–Crippen LogP) is 3.40. The zero-order chi connectivity index (χ0) is 19.5. The van der Waals surface area contributed by atoms with E-state index in [0.29, 0.717) is 12.2 Å². The van der Waals surface area contributed by atoms with Crippen molar-refractivity contribution in [2.75, 3.05) is 13.6 Å². The molecule has 0 fully saturated rings. The number of aromatic nitrogens is 2. The van der Waals surface area contributed by atoms with Gasteiger partial charge in [0.2, 0.25) is 5.91 Å². The number of rotatable bonds is 6. The van der Waals surface area contributed by atoms with Gasteiger partial charge in [0.1, 0.15) is 0 Å². The van der Waals surface area contributed by atoms with Crippen molar-refractivity contribution >= 4 is 18.3 Å². The van der Waals surface area contributed by atoms with Gasteiger partial charge in [0.15, 0.2) is 0 Å². The van der Waals surface area contributed by atoms with E-state index in [-0.39, 0.29) is 36.3 Å². The minimum atomic E-state index is -4.53. The van der Waals surface area contributed by atoms with Crippen LogP contribution in [0.5, 0.6) is 0 Å². The fourth-order valence-electron chi connectivity index (χ4n) is 2.76. The lowest BCUT2D eigenvalue weighted by molar-refractivity contribution is -0.138. The van der Waals surface area contributed by atoms with Crippen LogP contribution in [-0.4, -0.2) is 29.3 Å². The summed E-state index contributed by atoms with van der Waals surface area (Å²) in [4.78, 5) is 12.0. The lowest BCUT2D eigenvalue weighted by atomic mass is 10.0. The van der Waals surface area contributed by atoms with Crippen LogP contribution in [0, 0.1) is 19.8 Å². The Morgan fingerprint density at radius 1 is 1.26 bits per heavy atom. The Morgan fingerprint density at radius 2 is 1.93 bits per heavy atom. The maximum Gasteiger partial charge on any atom is 0.416 e. The van der Waals surface area contributed by atoms with E-state index < -0.39 is 11.7 Å². The Hall–Kier alpha value is -2.06. The molecule has 1 amide bonds. The fraction of sp³-hybridized carbons (Fsp3) is 0.444. The summed E-state index contributed by atoms with van der Waals surface area (Å²) in [6.45, 7) is 5.55. The first-order valence-electron chi connectivity index (χ1n) is 8.29. The molecule has 0 saturated carbocycles. The van der Waals surface area contributed by atoms with Crippen molar-refractivity contribution in [1.82, 2.24) is 20.4 Å². The number of amides is 1. The molecule has 27 heavy (non-hydrogen) atoms. The molecule has 2 rings (SSSR count). The number of benzene rings is 1. The number of halogens is 4. The Balaban J connectivity index is 0.00000364. The number of hydrogen-bond donors (Lipinski definition) is 2. The van der Waals surface area contributed by atoms with Crippen molar-refractivity contribution in [3.8, 4) is 5.69 Å². The van der Waals surface area contributed by atoms with Crippen LogP contribution < -0.4 is 10.6 Å². The van der Waals surface area contributed by atoms with Gasteiger partial charge in [0, 0.05) is 24.7 Å². The van der Waals surface area contributed by atoms with E-state index in [9.17, 15) is 18.0 Å².